The molecule has 74 valence electrons. The van der Waals surface area contributed by atoms with Gasteiger partial charge < -0.3 is 10.6 Å². The van der Waals surface area contributed by atoms with Crippen LogP contribution in [0.3, 0.4) is 0 Å². The molecular weight excluding hydrogens is 184 g/mol. The lowest BCUT2D eigenvalue weighted by molar-refractivity contribution is -0.116. The Hall–Kier alpha value is -2.08. The molecule has 0 radical (unpaired) electrons. The molecule has 0 aromatic rings. The van der Waals surface area contributed by atoms with Gasteiger partial charge in [0, 0.05) is 13.1 Å². The number of hydrogen-bond acceptors (Lipinski definition) is 4. The lowest BCUT2D eigenvalue weighted by atomic mass is 10.3. The molecule has 0 atom stereocenters. The summed E-state index contributed by atoms with van der Waals surface area (Å²) in [6.45, 7) is 0.795. The maximum Gasteiger partial charge on any atom is 0.322 e. The van der Waals surface area contributed by atoms with Crippen molar-refractivity contribution in [3.05, 3.63) is 0 Å². The third kappa shape index (κ3) is 6.62. The van der Waals surface area contributed by atoms with Crippen molar-refractivity contribution in [2.24, 2.45) is 0 Å². The van der Waals surface area contributed by atoms with E-state index in [2.05, 4.69) is 10.6 Å². The van der Waals surface area contributed by atoms with E-state index in [0.29, 0.717) is 25.9 Å². The van der Waals surface area contributed by atoms with Crippen LogP contribution in [0.2, 0.25) is 0 Å². The van der Waals surface area contributed by atoms with E-state index in [1.165, 1.54) is 12.1 Å². The van der Waals surface area contributed by atoms with Crippen molar-refractivity contribution in [2.75, 3.05) is 13.1 Å². The molecule has 6 heteroatoms. The maximum atomic E-state index is 10.4. The molecule has 0 fully saturated rings. The molecule has 0 spiro atoms. The van der Waals surface area contributed by atoms with E-state index in [1.54, 1.807) is 0 Å². The van der Waals surface area contributed by atoms with Gasteiger partial charge in [-0.2, -0.15) is 10.5 Å². The SMILES string of the molecule is N#CC(=O)NCCCCNC(=O)C#N. The molecule has 6 nitrogen and oxygen atoms in total. The third-order valence-electron chi connectivity index (χ3n) is 1.38. The van der Waals surface area contributed by atoms with Crippen LogP contribution < -0.4 is 10.6 Å². The predicted octanol–water partition coefficient (Wildman–Crippen LogP) is -0.954. The van der Waals surface area contributed by atoms with Crippen LogP contribution in [-0.2, 0) is 9.59 Å². The van der Waals surface area contributed by atoms with E-state index >= 15 is 0 Å². The van der Waals surface area contributed by atoms with Gasteiger partial charge in [-0.05, 0) is 12.8 Å². The van der Waals surface area contributed by atoms with Crippen LogP contribution in [0.15, 0.2) is 0 Å². The molecule has 0 aliphatic heterocycles. The molecular formula is C8H10N4O2. The number of nitrogens with one attached hydrogen (secondary N) is 2. The smallest absolute Gasteiger partial charge is 0.322 e. The third-order valence-corrected chi connectivity index (χ3v) is 1.38. The summed E-state index contributed by atoms with van der Waals surface area (Å²) >= 11 is 0. The fraction of sp³-hybridized carbons (Fsp3) is 0.500. The van der Waals surface area contributed by atoms with Gasteiger partial charge in [-0.3, -0.25) is 9.59 Å². The van der Waals surface area contributed by atoms with E-state index in [4.69, 9.17) is 10.5 Å². The Bertz CT molecular complexity index is 257. The monoisotopic (exact) mass is 194 g/mol. The summed E-state index contributed by atoms with van der Waals surface area (Å²) in [5.74, 6) is -1.32. The van der Waals surface area contributed by atoms with Crippen LogP contribution >= 0.6 is 0 Å². The van der Waals surface area contributed by atoms with Gasteiger partial charge in [-0.1, -0.05) is 0 Å². The molecule has 0 saturated heterocycles. The fourth-order valence-corrected chi connectivity index (χ4v) is 0.733. The van der Waals surface area contributed by atoms with Crippen molar-refractivity contribution in [3.8, 4) is 12.1 Å². The zero-order valence-corrected chi connectivity index (χ0v) is 7.54. The molecule has 2 amide bonds. The highest BCUT2D eigenvalue weighted by molar-refractivity contribution is 5.91. The Morgan fingerprint density at radius 1 is 0.929 bits per heavy atom. The van der Waals surface area contributed by atoms with Crippen molar-refractivity contribution >= 4 is 11.8 Å². The van der Waals surface area contributed by atoms with Gasteiger partial charge in [0.15, 0.2) is 12.1 Å². The van der Waals surface area contributed by atoms with Gasteiger partial charge in [-0.15, -0.1) is 0 Å². The largest absolute Gasteiger partial charge is 0.344 e. The Kier molecular flexibility index (Phi) is 6.44. The minimum absolute atomic E-state index is 0.398. The highest BCUT2D eigenvalue weighted by atomic mass is 16.2. The van der Waals surface area contributed by atoms with Gasteiger partial charge in [-0.25, -0.2) is 0 Å². The molecule has 0 aromatic heterocycles. The first-order valence-corrected chi connectivity index (χ1v) is 4.06. The van der Waals surface area contributed by atoms with Crippen LogP contribution in [0.4, 0.5) is 0 Å². The first-order valence-electron chi connectivity index (χ1n) is 4.06. The predicted molar refractivity (Wildman–Crippen MR) is 46.5 cm³/mol. The second kappa shape index (κ2) is 7.56. The Balaban J connectivity index is 3.24. The summed E-state index contributed by atoms with van der Waals surface area (Å²) in [5.41, 5.74) is 0. The lowest BCUT2D eigenvalue weighted by Gasteiger charge is -2.00. The number of nitrogens with zero attached hydrogens (tertiary/aromatic N) is 2. The molecule has 0 bridgehead atoms. The summed E-state index contributed by atoms with van der Waals surface area (Å²) in [6, 6.07) is 2.84. The van der Waals surface area contributed by atoms with Crippen molar-refractivity contribution in [3.63, 3.8) is 0 Å². The molecule has 0 heterocycles. The van der Waals surface area contributed by atoms with Crippen molar-refractivity contribution in [1.82, 2.24) is 10.6 Å². The van der Waals surface area contributed by atoms with Crippen LogP contribution in [-0.4, -0.2) is 24.9 Å². The standard InChI is InChI=1S/C8H10N4O2/c9-5-7(13)11-3-1-2-4-12-8(14)6-10/h1-4H2,(H,11,13)(H,12,14). The van der Waals surface area contributed by atoms with E-state index in [1.807, 2.05) is 0 Å². The zero-order valence-electron chi connectivity index (χ0n) is 7.54. The summed E-state index contributed by atoms with van der Waals surface area (Å²) in [7, 11) is 0. The normalized spacial score (nSPS) is 8.14. The van der Waals surface area contributed by atoms with E-state index < -0.39 is 11.8 Å². The van der Waals surface area contributed by atoms with Crippen LogP contribution in [0, 0.1) is 22.7 Å². The average Bonchev–Trinajstić information content (AvgIpc) is 2.22. The second-order valence-corrected chi connectivity index (χ2v) is 2.44. The lowest BCUT2D eigenvalue weighted by Crippen LogP contribution is -2.25. The van der Waals surface area contributed by atoms with E-state index in [-0.39, 0.29) is 0 Å². The quantitative estimate of drug-likeness (QED) is 0.434. The number of hydrogen-bond donors (Lipinski definition) is 2. The molecule has 0 saturated carbocycles. The van der Waals surface area contributed by atoms with E-state index in [9.17, 15) is 9.59 Å². The first-order chi connectivity index (χ1) is 6.70. The summed E-state index contributed by atoms with van der Waals surface area (Å²) in [4.78, 5) is 20.8. The molecule has 0 rings (SSSR count). The highest BCUT2D eigenvalue weighted by Gasteiger charge is 1.97. The maximum absolute atomic E-state index is 10.4. The molecule has 0 aliphatic rings. The highest BCUT2D eigenvalue weighted by Crippen LogP contribution is 1.84. The Morgan fingerprint density at radius 3 is 1.57 bits per heavy atom. The summed E-state index contributed by atoms with van der Waals surface area (Å²) < 4.78 is 0. The first kappa shape index (κ1) is 11.9. The van der Waals surface area contributed by atoms with Gasteiger partial charge in [0.1, 0.15) is 0 Å². The van der Waals surface area contributed by atoms with Crippen molar-refractivity contribution in [2.45, 2.75) is 12.8 Å². The second-order valence-electron chi connectivity index (χ2n) is 2.44. The topological polar surface area (TPSA) is 106 Å². The van der Waals surface area contributed by atoms with Gasteiger partial charge in [0.25, 0.3) is 0 Å². The number of nitriles is 2. The number of rotatable bonds is 5. The van der Waals surface area contributed by atoms with Gasteiger partial charge in [0.2, 0.25) is 0 Å². The number of carbonyl (C=O) groups excluding carboxylic acids is 2. The molecule has 0 aromatic carbocycles. The zero-order chi connectivity index (χ0) is 10.8. The van der Waals surface area contributed by atoms with Crippen molar-refractivity contribution < 1.29 is 9.59 Å². The minimum atomic E-state index is -0.661. The van der Waals surface area contributed by atoms with Crippen LogP contribution in [0.25, 0.3) is 0 Å². The van der Waals surface area contributed by atoms with Crippen LogP contribution in [0.5, 0.6) is 0 Å². The molecule has 2 N–H and O–H groups in total. The average molecular weight is 194 g/mol. The minimum Gasteiger partial charge on any atom is -0.344 e. The summed E-state index contributed by atoms with van der Waals surface area (Å²) in [6.07, 6.45) is 1.30. The van der Waals surface area contributed by atoms with Crippen LogP contribution in [0.1, 0.15) is 12.8 Å². The van der Waals surface area contributed by atoms with Gasteiger partial charge in [0.05, 0.1) is 0 Å². The molecule has 0 aliphatic carbocycles. The Morgan fingerprint density at radius 2 is 1.29 bits per heavy atom. The summed E-state index contributed by atoms with van der Waals surface area (Å²) in [5, 5.41) is 20.9. The fourth-order valence-electron chi connectivity index (χ4n) is 0.733. The van der Waals surface area contributed by atoms with Gasteiger partial charge >= 0.3 is 11.8 Å². The molecule has 0 unspecified atom stereocenters. The number of amides is 2. The Labute approximate surface area is 81.5 Å². The van der Waals surface area contributed by atoms with Crippen molar-refractivity contribution in [1.29, 1.82) is 10.5 Å². The number of carbonyl (C=O) groups is 2. The number of unbranched alkanes of at least 4 members (excludes halogenated alkanes) is 1. The van der Waals surface area contributed by atoms with E-state index in [0.717, 1.165) is 0 Å². The molecule has 14 heavy (non-hydrogen) atoms.